The lowest BCUT2D eigenvalue weighted by molar-refractivity contribution is -0.141. The van der Waals surface area contributed by atoms with Gasteiger partial charge < -0.3 is 19.9 Å². The number of halogens is 6. The van der Waals surface area contributed by atoms with Crippen LogP contribution in [0.1, 0.15) is 24.6 Å². The molecule has 19 heteroatoms. The maximum absolute atomic E-state index is 13.3. The minimum atomic E-state index is -4.94. The van der Waals surface area contributed by atoms with Gasteiger partial charge in [-0.2, -0.15) is 31.4 Å². The van der Waals surface area contributed by atoms with Crippen molar-refractivity contribution in [3.05, 3.63) is 34.0 Å². The molecule has 1 saturated heterocycles. The summed E-state index contributed by atoms with van der Waals surface area (Å²) in [6, 6.07) is -0.877. The van der Waals surface area contributed by atoms with Crippen molar-refractivity contribution in [3.63, 3.8) is 0 Å². The highest BCUT2D eigenvalue weighted by Gasteiger charge is 2.44. The summed E-state index contributed by atoms with van der Waals surface area (Å²) in [6.07, 6.45) is -8.38. The lowest BCUT2D eigenvalue weighted by atomic mass is 10.1. The number of amides is 2. The van der Waals surface area contributed by atoms with Crippen LogP contribution >= 0.6 is 0 Å². The Morgan fingerprint density at radius 2 is 1.85 bits per heavy atom. The van der Waals surface area contributed by atoms with Gasteiger partial charge in [0, 0.05) is 25.3 Å². The zero-order valence-corrected chi connectivity index (χ0v) is 22.6. The fourth-order valence-electron chi connectivity index (χ4n) is 4.44. The first-order valence-electron chi connectivity index (χ1n) is 12.0. The summed E-state index contributed by atoms with van der Waals surface area (Å²) in [7, 11) is 4.55. The average molecular weight is 606 g/mol. The van der Waals surface area contributed by atoms with Crippen LogP contribution in [0, 0.1) is 0 Å². The van der Waals surface area contributed by atoms with E-state index in [-0.39, 0.29) is 56.8 Å². The fourth-order valence-corrected chi connectivity index (χ4v) is 4.68. The number of ether oxygens (including phenoxy) is 1. The van der Waals surface area contributed by atoms with Gasteiger partial charge in [0.1, 0.15) is 11.6 Å². The number of fused-ring (bicyclic) bond motifs is 3. The first-order chi connectivity index (χ1) is 19.0. The highest BCUT2D eigenvalue weighted by atomic mass is 28.1. The largest absolute Gasteiger partial charge is 0.434 e. The van der Waals surface area contributed by atoms with Crippen molar-refractivity contribution >= 4 is 39.4 Å². The summed E-state index contributed by atoms with van der Waals surface area (Å²) >= 11 is 0. The Morgan fingerprint density at radius 3 is 2.51 bits per heavy atom. The van der Waals surface area contributed by atoms with Crippen molar-refractivity contribution in [1.82, 2.24) is 25.1 Å². The van der Waals surface area contributed by atoms with Crippen molar-refractivity contribution in [2.24, 2.45) is 0 Å². The van der Waals surface area contributed by atoms with Crippen molar-refractivity contribution in [3.8, 4) is 0 Å². The zero-order chi connectivity index (χ0) is 30.3. The van der Waals surface area contributed by atoms with E-state index >= 15 is 0 Å². The van der Waals surface area contributed by atoms with Crippen LogP contribution in [0.15, 0.2) is 17.2 Å². The fraction of sp³-hybridized carbons (Fsp3) is 0.545. The number of nitrogens with one attached hydrogen (secondary N) is 2. The Bertz CT molecular complexity index is 1390. The Hall–Kier alpha value is -3.74. The first-order valence-corrected chi connectivity index (χ1v) is 12.5. The predicted molar refractivity (Wildman–Crippen MR) is 131 cm³/mol. The molecule has 2 aliphatic rings. The molecule has 0 bridgehead atoms. The topological polar surface area (TPSA) is 137 Å². The molecule has 12 nitrogen and oxygen atoms in total. The Kier molecular flexibility index (Phi) is 8.05. The molecule has 2 atom stereocenters. The molecule has 2 aromatic rings. The Balaban J connectivity index is 1.33. The second kappa shape index (κ2) is 10.9. The predicted octanol–water partition coefficient (Wildman–Crippen LogP) is 0.995. The van der Waals surface area contributed by atoms with Crippen LogP contribution in [-0.2, 0) is 26.7 Å². The van der Waals surface area contributed by atoms with Gasteiger partial charge in [0.05, 0.1) is 54.5 Å². The number of hydrogen-bond acceptors (Lipinski definition) is 9. The number of alkyl halides is 6. The van der Waals surface area contributed by atoms with Crippen molar-refractivity contribution in [2.75, 3.05) is 55.0 Å². The summed E-state index contributed by atoms with van der Waals surface area (Å²) in [5.41, 5.74) is -4.67. The van der Waals surface area contributed by atoms with Gasteiger partial charge in [0.15, 0.2) is 17.3 Å². The molecule has 3 radical (unpaired) electrons. The molecule has 0 unspecified atom stereocenters. The molecule has 0 saturated carbocycles. The summed E-state index contributed by atoms with van der Waals surface area (Å²) in [6.45, 7) is 1.36. The van der Waals surface area contributed by atoms with E-state index < -0.39 is 52.0 Å². The molecule has 0 aliphatic carbocycles. The second-order valence-electron chi connectivity index (χ2n) is 9.59. The van der Waals surface area contributed by atoms with Gasteiger partial charge in [-0.1, -0.05) is 0 Å². The van der Waals surface area contributed by atoms with E-state index in [1.54, 1.807) is 5.10 Å². The molecule has 1 fully saturated rings. The van der Waals surface area contributed by atoms with Crippen LogP contribution in [0.25, 0.3) is 0 Å². The number of anilines is 3. The molecule has 221 valence electrons. The summed E-state index contributed by atoms with van der Waals surface area (Å²) < 4.78 is 84.6. The number of H-pyrrole nitrogens is 1. The average Bonchev–Trinajstić information content (AvgIpc) is 2.87. The van der Waals surface area contributed by atoms with Crippen LogP contribution < -0.4 is 20.7 Å². The van der Waals surface area contributed by atoms with E-state index in [0.29, 0.717) is 6.20 Å². The molecule has 4 rings (SSSR count). The summed E-state index contributed by atoms with van der Waals surface area (Å²) in [5, 5.41) is 6.36. The number of nitrogens with zero attached hydrogens (tertiary/aromatic N) is 6. The summed E-state index contributed by atoms with van der Waals surface area (Å²) in [4.78, 5) is 48.8. The van der Waals surface area contributed by atoms with E-state index in [1.807, 2.05) is 0 Å². The number of piperazine rings is 1. The maximum Gasteiger partial charge on any atom is 0.434 e. The number of rotatable bonds is 7. The van der Waals surface area contributed by atoms with E-state index in [0.717, 1.165) is 11.1 Å². The van der Waals surface area contributed by atoms with E-state index in [2.05, 4.69) is 30.6 Å². The van der Waals surface area contributed by atoms with Gasteiger partial charge in [-0.15, -0.1) is 0 Å². The molecule has 2 aliphatic heterocycles. The molecular formula is C22H23F6N8O4Si. The Morgan fingerprint density at radius 1 is 1.15 bits per heavy atom. The molecule has 41 heavy (non-hydrogen) atoms. The molecule has 0 aromatic carbocycles. The monoisotopic (exact) mass is 605 g/mol. The normalized spacial score (nSPS) is 19.0. The van der Waals surface area contributed by atoms with Crippen LogP contribution in [-0.4, -0.2) is 98.2 Å². The second-order valence-corrected chi connectivity index (χ2v) is 10.7. The van der Waals surface area contributed by atoms with Crippen LogP contribution in [0.5, 0.6) is 0 Å². The minimum absolute atomic E-state index is 0.0444. The lowest BCUT2D eigenvalue weighted by Gasteiger charge is -2.46. The van der Waals surface area contributed by atoms with Gasteiger partial charge in [-0.25, -0.2) is 15.1 Å². The van der Waals surface area contributed by atoms with Crippen LogP contribution in [0.3, 0.4) is 0 Å². The molecular weight excluding hydrogens is 582 g/mol. The molecule has 2 amide bonds. The number of likely N-dealkylation sites (N-methyl/N-ethyl adjacent to an activating group) is 1. The molecule has 0 spiro atoms. The van der Waals surface area contributed by atoms with Crippen LogP contribution in [0.4, 0.5) is 43.7 Å². The number of hydrogen-bond donors (Lipinski definition) is 2. The van der Waals surface area contributed by atoms with Gasteiger partial charge in [0.2, 0.25) is 5.91 Å². The maximum atomic E-state index is 13.3. The van der Waals surface area contributed by atoms with Gasteiger partial charge in [0.25, 0.3) is 11.5 Å². The van der Waals surface area contributed by atoms with Gasteiger partial charge in [-0.3, -0.25) is 19.3 Å². The quantitative estimate of drug-likeness (QED) is 0.269. The minimum Gasteiger partial charge on any atom is -0.379 e. The molecule has 2 N–H and O–H groups in total. The molecule has 2 aromatic heterocycles. The highest BCUT2D eigenvalue weighted by Crippen LogP contribution is 2.37. The van der Waals surface area contributed by atoms with Crippen LogP contribution in [0.2, 0.25) is 0 Å². The van der Waals surface area contributed by atoms with E-state index in [9.17, 15) is 40.7 Å². The van der Waals surface area contributed by atoms with E-state index in [4.69, 9.17) is 4.74 Å². The zero-order valence-electron chi connectivity index (χ0n) is 21.6. The number of aromatic nitrogens is 4. The van der Waals surface area contributed by atoms with Gasteiger partial charge >= 0.3 is 12.4 Å². The van der Waals surface area contributed by atoms with Crippen molar-refractivity contribution < 1.29 is 40.7 Å². The third-order valence-corrected chi connectivity index (χ3v) is 6.63. The lowest BCUT2D eigenvalue weighted by Crippen LogP contribution is -2.63. The number of carbonyl (C=O) groups excluding carboxylic acids is 2. The number of carbonyl (C=O) groups is 2. The van der Waals surface area contributed by atoms with Gasteiger partial charge in [-0.05, 0) is 6.92 Å². The summed E-state index contributed by atoms with van der Waals surface area (Å²) in [5.74, 6) is -1.04. The van der Waals surface area contributed by atoms with Crippen molar-refractivity contribution in [2.45, 2.75) is 36.9 Å². The third-order valence-electron chi connectivity index (χ3n) is 6.37. The first kappa shape index (κ1) is 30.2. The number of aromatic amines is 1. The standard InChI is InChI=1S/C22H23F6N8O4Si/c1-20(41,32-11-7-30-33-18(38)15(11)22(26,27)28)10-40-6-3-14(37)35-4-5-36-12(9-35)19(39)34(2)17-16(36)29-8-13(31-17)21(23,24)25/h7-8,12H,3-6,9-10H2,1-2H3,(H2,32,33,38)/t12-,20+/m1/s1. The van der Waals surface area contributed by atoms with E-state index in [1.165, 1.54) is 23.8 Å². The highest BCUT2D eigenvalue weighted by molar-refractivity contribution is 6.16. The third kappa shape index (κ3) is 6.44. The SMILES string of the molecule is CN1C(=O)[C@H]2CN(C(=O)CCOC[C@](C)([Si])Nc3cn[nH]c(=O)c3C(F)(F)F)CCN2c2ncc(C(F)(F)F)nc21. The van der Waals surface area contributed by atoms with Crippen molar-refractivity contribution in [1.29, 1.82) is 0 Å². The smallest absolute Gasteiger partial charge is 0.379 e. The molecule has 4 heterocycles. The Labute approximate surface area is 231 Å².